The van der Waals surface area contributed by atoms with Gasteiger partial charge in [-0.3, -0.25) is 0 Å². The Morgan fingerprint density at radius 1 is 0.935 bits per heavy atom. The van der Waals surface area contributed by atoms with Crippen molar-refractivity contribution in [1.82, 2.24) is 19.9 Å². The Morgan fingerprint density at radius 3 is 2.29 bits per heavy atom. The molecule has 11 heteroatoms. The van der Waals surface area contributed by atoms with E-state index >= 15 is 0 Å². The predicted octanol–water partition coefficient (Wildman–Crippen LogP) is 5.64. The van der Waals surface area contributed by atoms with E-state index in [1.807, 2.05) is 36.6 Å². The van der Waals surface area contributed by atoms with E-state index in [-0.39, 0.29) is 23.3 Å². The molecule has 160 valence electrons. The molecule has 3 aromatic heterocycles. The highest BCUT2D eigenvalue weighted by molar-refractivity contribution is 7.13. The minimum absolute atomic E-state index is 0.0515. The lowest BCUT2D eigenvalue weighted by Gasteiger charge is -2.09. The minimum Gasteiger partial charge on any atom is -0.497 e. The molecular weight excluding hydrogens is 449 g/mol. The number of aromatic nitrogens is 4. The van der Waals surface area contributed by atoms with E-state index in [0.29, 0.717) is 10.7 Å². The molecule has 4 aromatic rings. The Morgan fingerprint density at radius 2 is 1.68 bits per heavy atom. The number of nitrogens with zero attached hydrogens (tertiary/aromatic N) is 4. The number of methoxy groups -OCH3 is 1. The Hall–Kier alpha value is -3.05. The molecule has 0 aliphatic rings. The van der Waals surface area contributed by atoms with Gasteiger partial charge in [0.05, 0.1) is 7.11 Å². The molecule has 0 fully saturated rings. The van der Waals surface area contributed by atoms with Crippen molar-refractivity contribution in [3.8, 4) is 33.2 Å². The largest absolute Gasteiger partial charge is 0.497 e. The molecule has 0 saturated heterocycles. The van der Waals surface area contributed by atoms with E-state index in [2.05, 4.69) is 19.9 Å². The summed E-state index contributed by atoms with van der Waals surface area (Å²) in [6, 6.07) is 8.93. The topological polar surface area (TPSA) is 70.0 Å². The van der Waals surface area contributed by atoms with Crippen LogP contribution in [0.5, 0.6) is 11.6 Å². The molecule has 0 atom stereocenters. The molecule has 0 N–H and O–H groups in total. The van der Waals surface area contributed by atoms with E-state index in [9.17, 15) is 13.2 Å². The van der Waals surface area contributed by atoms with Gasteiger partial charge in [0.2, 0.25) is 5.88 Å². The molecule has 4 rings (SSSR count). The Labute approximate surface area is 183 Å². The van der Waals surface area contributed by atoms with E-state index in [1.54, 1.807) is 13.2 Å². The van der Waals surface area contributed by atoms with Gasteiger partial charge in [0.15, 0.2) is 16.5 Å². The summed E-state index contributed by atoms with van der Waals surface area (Å²) >= 11 is 2.20. The van der Waals surface area contributed by atoms with Gasteiger partial charge in [-0.1, -0.05) is 12.1 Å². The summed E-state index contributed by atoms with van der Waals surface area (Å²) in [5.41, 5.74) is 1.17. The molecule has 0 bridgehead atoms. The second-order valence-electron chi connectivity index (χ2n) is 6.38. The maximum absolute atomic E-state index is 13.0. The number of alkyl halides is 3. The number of hydrogen-bond donors (Lipinski definition) is 0. The van der Waals surface area contributed by atoms with Crippen molar-refractivity contribution in [2.75, 3.05) is 7.11 Å². The molecule has 6 nitrogen and oxygen atoms in total. The molecule has 0 aliphatic carbocycles. The summed E-state index contributed by atoms with van der Waals surface area (Å²) in [6.07, 6.45) is -4.54. The van der Waals surface area contributed by atoms with Crippen molar-refractivity contribution in [2.45, 2.75) is 19.7 Å². The van der Waals surface area contributed by atoms with E-state index in [1.165, 1.54) is 11.3 Å². The summed E-state index contributed by atoms with van der Waals surface area (Å²) in [5.74, 6) is 0.988. The summed E-state index contributed by atoms with van der Waals surface area (Å²) in [6.45, 7) is 2.06. The molecule has 0 radical (unpaired) electrons. The molecule has 3 heterocycles. The zero-order valence-electron chi connectivity index (χ0n) is 16.3. The van der Waals surface area contributed by atoms with Crippen LogP contribution in [0.3, 0.4) is 0 Å². The maximum Gasteiger partial charge on any atom is 0.434 e. The third kappa shape index (κ3) is 5.00. The quantitative estimate of drug-likeness (QED) is 0.368. The van der Waals surface area contributed by atoms with Crippen LogP contribution < -0.4 is 9.47 Å². The average molecular weight is 464 g/mol. The van der Waals surface area contributed by atoms with Crippen LogP contribution in [0.1, 0.15) is 17.0 Å². The molecule has 0 unspecified atom stereocenters. The number of ether oxygens (including phenoxy) is 2. The number of thiazole rings is 2. The summed E-state index contributed by atoms with van der Waals surface area (Å²) in [4.78, 5) is 16.7. The van der Waals surface area contributed by atoms with Crippen LogP contribution in [-0.4, -0.2) is 27.0 Å². The minimum atomic E-state index is -4.54. The maximum atomic E-state index is 13.0. The molecule has 0 amide bonds. The van der Waals surface area contributed by atoms with Gasteiger partial charge >= 0.3 is 6.18 Å². The fourth-order valence-corrected chi connectivity index (χ4v) is 4.08. The number of aryl methyl sites for hydroxylation is 1. The smallest absolute Gasteiger partial charge is 0.434 e. The molecule has 0 saturated carbocycles. The number of benzene rings is 1. The zero-order chi connectivity index (χ0) is 22.0. The first kappa shape index (κ1) is 21.2. The molecule has 0 spiro atoms. The van der Waals surface area contributed by atoms with Gasteiger partial charge in [-0.15, -0.1) is 22.7 Å². The van der Waals surface area contributed by atoms with Crippen molar-refractivity contribution >= 4 is 22.7 Å². The molecule has 1 aromatic carbocycles. The first-order chi connectivity index (χ1) is 14.8. The van der Waals surface area contributed by atoms with Gasteiger partial charge < -0.3 is 9.47 Å². The van der Waals surface area contributed by atoms with Gasteiger partial charge in [-0.25, -0.2) is 15.0 Å². The Kier molecular flexibility index (Phi) is 5.88. The van der Waals surface area contributed by atoms with Crippen molar-refractivity contribution < 1.29 is 22.6 Å². The van der Waals surface area contributed by atoms with Gasteiger partial charge in [-0.05, 0) is 24.6 Å². The average Bonchev–Trinajstić information content (AvgIpc) is 3.42. The second-order valence-corrected chi connectivity index (χ2v) is 8.10. The first-order valence-corrected chi connectivity index (χ1v) is 10.7. The summed E-state index contributed by atoms with van der Waals surface area (Å²) < 4.78 is 49.8. The highest BCUT2D eigenvalue weighted by atomic mass is 32.1. The van der Waals surface area contributed by atoms with Crippen LogP contribution in [-0.2, 0) is 12.8 Å². The van der Waals surface area contributed by atoms with E-state index < -0.39 is 11.9 Å². The van der Waals surface area contributed by atoms with E-state index in [0.717, 1.165) is 33.7 Å². The zero-order valence-corrected chi connectivity index (χ0v) is 17.9. The lowest BCUT2D eigenvalue weighted by molar-refractivity contribution is -0.140. The van der Waals surface area contributed by atoms with Crippen LogP contribution in [0.2, 0.25) is 0 Å². The monoisotopic (exact) mass is 464 g/mol. The normalized spacial score (nSPS) is 11.5. The van der Waals surface area contributed by atoms with Gasteiger partial charge in [0.1, 0.15) is 23.1 Å². The molecular formula is C20H15F3N4O2S2. The van der Waals surface area contributed by atoms with Crippen molar-refractivity contribution in [1.29, 1.82) is 0 Å². The first-order valence-electron chi connectivity index (χ1n) is 8.92. The second kappa shape index (κ2) is 8.60. The van der Waals surface area contributed by atoms with E-state index in [4.69, 9.17) is 9.47 Å². The van der Waals surface area contributed by atoms with Gasteiger partial charge in [0.25, 0.3) is 0 Å². The third-order valence-electron chi connectivity index (χ3n) is 4.07. The molecule has 31 heavy (non-hydrogen) atoms. The van der Waals surface area contributed by atoms with Crippen LogP contribution in [0.4, 0.5) is 13.2 Å². The fourth-order valence-electron chi connectivity index (χ4n) is 2.56. The lowest BCUT2D eigenvalue weighted by Crippen LogP contribution is -2.05. The molecule has 0 aliphatic heterocycles. The van der Waals surface area contributed by atoms with Crippen LogP contribution in [0.15, 0.2) is 41.1 Å². The summed E-state index contributed by atoms with van der Waals surface area (Å²) in [7, 11) is 1.58. The fraction of sp³-hybridized carbons (Fsp3) is 0.200. The van der Waals surface area contributed by atoms with Crippen LogP contribution in [0.25, 0.3) is 21.5 Å². The Bertz CT molecular complexity index is 1190. The Balaban J connectivity index is 1.66. The van der Waals surface area contributed by atoms with Crippen molar-refractivity contribution in [3.63, 3.8) is 0 Å². The van der Waals surface area contributed by atoms with Gasteiger partial charge in [0, 0.05) is 22.5 Å². The third-order valence-corrected chi connectivity index (χ3v) is 5.89. The number of rotatable bonds is 6. The number of halogens is 3. The van der Waals surface area contributed by atoms with Crippen LogP contribution >= 0.6 is 22.7 Å². The van der Waals surface area contributed by atoms with Gasteiger partial charge in [-0.2, -0.15) is 18.2 Å². The summed E-state index contributed by atoms with van der Waals surface area (Å²) in [5, 5.41) is 3.47. The standard InChI is InChI=1S/C20H15F3N4O2S2/c1-11-9-30-18(24-11)14-7-16(29-8-12-3-5-13(28-2)6-4-12)27-17(25-14)19-26-15(10-31-19)20(21,22)23/h3-7,9-10H,8H2,1-2H3. The van der Waals surface area contributed by atoms with Crippen molar-refractivity contribution in [3.05, 3.63) is 58.0 Å². The highest BCUT2D eigenvalue weighted by Gasteiger charge is 2.34. The lowest BCUT2D eigenvalue weighted by atomic mass is 10.2. The SMILES string of the molecule is COc1ccc(COc2cc(-c3nc(C)cs3)nc(-c3nc(C(F)(F)F)cs3)n2)cc1. The van der Waals surface area contributed by atoms with Crippen LogP contribution in [0, 0.1) is 6.92 Å². The van der Waals surface area contributed by atoms with Crippen molar-refractivity contribution in [2.24, 2.45) is 0 Å². The number of hydrogen-bond acceptors (Lipinski definition) is 8. The predicted molar refractivity (Wildman–Crippen MR) is 111 cm³/mol. The highest BCUT2D eigenvalue weighted by Crippen LogP contribution is 2.34.